The smallest absolute Gasteiger partial charge is 0.0541 e. The van der Waals surface area contributed by atoms with Crippen LogP contribution in [0.25, 0.3) is 176 Å². The first-order valence-electron chi connectivity index (χ1n) is 33.1. The minimum atomic E-state index is 1.17. The molecule has 0 amide bonds. The van der Waals surface area contributed by atoms with Gasteiger partial charge in [0.2, 0.25) is 0 Å². The van der Waals surface area contributed by atoms with Gasteiger partial charge < -0.3 is 18.3 Å². The molecule has 20 rings (SSSR count). The van der Waals surface area contributed by atoms with Crippen molar-refractivity contribution in [3.63, 3.8) is 0 Å². The number of fused-ring (bicyclic) bond motifs is 14. The van der Waals surface area contributed by atoms with E-state index in [4.69, 9.17) is 0 Å². The third kappa shape index (κ3) is 8.99. The summed E-state index contributed by atoms with van der Waals surface area (Å²) in [5, 5.41) is 15.2. The van der Waals surface area contributed by atoms with E-state index >= 15 is 0 Å². The van der Waals surface area contributed by atoms with E-state index in [1.54, 1.807) is 0 Å². The molecule has 4 nitrogen and oxygen atoms in total. The van der Waals surface area contributed by atoms with Crippen LogP contribution in [0.5, 0.6) is 0 Å². The zero-order valence-electron chi connectivity index (χ0n) is 52.4. The number of aromatic nitrogens is 4. The number of nitrogens with zero attached hydrogens (tertiary/aromatic N) is 4. The summed E-state index contributed by atoms with van der Waals surface area (Å²) in [6.45, 7) is 0. The molecule has 4 heteroatoms. The molecule has 0 bridgehead atoms. The van der Waals surface area contributed by atoms with Crippen LogP contribution < -0.4 is 0 Å². The average molecular weight is 1220 g/mol. The average Bonchev–Trinajstić information content (AvgIpc) is 1.51. The minimum absolute atomic E-state index is 1.17. The van der Waals surface area contributed by atoms with Crippen molar-refractivity contribution in [3.8, 4) is 67.3 Å². The Hall–Kier alpha value is -12.8. The predicted molar refractivity (Wildman–Crippen MR) is 407 cm³/mol. The first kappa shape index (κ1) is 54.9. The third-order valence-electron chi connectivity index (χ3n) is 19.9. The summed E-state index contributed by atoms with van der Waals surface area (Å²) in [4.78, 5) is 0. The highest BCUT2D eigenvalue weighted by molar-refractivity contribution is 6.13. The van der Waals surface area contributed by atoms with Gasteiger partial charge in [-0.25, -0.2) is 0 Å². The van der Waals surface area contributed by atoms with Gasteiger partial charge in [-0.1, -0.05) is 255 Å². The highest BCUT2D eigenvalue weighted by Gasteiger charge is 2.18. The van der Waals surface area contributed by atoms with Crippen LogP contribution in [0.1, 0.15) is 0 Å². The standard InChI is InChI=1S/2C46H30N2/c1-5-13-43-39(9-1)40-10-2-6-14-44(40)47(43)37-25-21-31(22-26-37)33-17-19-36-30-34(18-20-35(36)29-33)32-23-27-38(28-24-32)48-45-15-7-3-11-41(45)42-12-4-8-16-46(42)48;1-2-12-38-36(32-23-27-34(28-24-32)48-45-19-9-5-15-41(45)42-16-6-10-20-46(42)48)30-29-35(37(38)11-1)31-21-25-33(26-22-31)47-43-17-7-3-13-39(43)40-14-4-8-18-44(40)47/h2*1-30H. The van der Waals surface area contributed by atoms with E-state index in [9.17, 15) is 0 Å². The van der Waals surface area contributed by atoms with Crippen LogP contribution >= 0.6 is 0 Å². The third-order valence-corrected chi connectivity index (χ3v) is 19.9. The zero-order valence-corrected chi connectivity index (χ0v) is 52.4. The topological polar surface area (TPSA) is 19.7 Å². The summed E-state index contributed by atoms with van der Waals surface area (Å²) in [6.07, 6.45) is 0. The second-order valence-electron chi connectivity index (χ2n) is 25.1. The van der Waals surface area contributed by atoms with E-state index in [2.05, 4.69) is 382 Å². The van der Waals surface area contributed by atoms with Crippen LogP contribution in [0.2, 0.25) is 0 Å². The van der Waals surface area contributed by atoms with Crippen LogP contribution in [0, 0.1) is 0 Å². The molecule has 4 heterocycles. The normalized spacial score (nSPS) is 11.8. The van der Waals surface area contributed by atoms with Crippen LogP contribution in [0.15, 0.2) is 364 Å². The Morgan fingerprint density at radius 3 is 0.552 bits per heavy atom. The molecule has 0 radical (unpaired) electrons. The van der Waals surface area contributed by atoms with Crippen LogP contribution in [0.3, 0.4) is 0 Å². The maximum Gasteiger partial charge on any atom is 0.0541 e. The molecule has 16 aromatic carbocycles. The molecule has 0 spiro atoms. The van der Waals surface area contributed by atoms with Gasteiger partial charge in [0.05, 0.1) is 44.1 Å². The summed E-state index contributed by atoms with van der Waals surface area (Å²) in [6, 6.07) is 132. The predicted octanol–water partition coefficient (Wildman–Crippen LogP) is 24.7. The highest BCUT2D eigenvalue weighted by atomic mass is 15.0. The number of hydrogen-bond donors (Lipinski definition) is 0. The van der Waals surface area contributed by atoms with E-state index in [1.807, 2.05) is 0 Å². The van der Waals surface area contributed by atoms with Crippen molar-refractivity contribution < 1.29 is 0 Å². The molecule has 448 valence electrons. The van der Waals surface area contributed by atoms with Gasteiger partial charge in [-0.15, -0.1) is 0 Å². The van der Waals surface area contributed by atoms with E-state index in [-0.39, 0.29) is 0 Å². The summed E-state index contributed by atoms with van der Waals surface area (Å²) in [5.74, 6) is 0. The Balaban J connectivity index is 0.000000135. The lowest BCUT2D eigenvalue weighted by molar-refractivity contribution is 1.18. The molecule has 0 unspecified atom stereocenters. The van der Waals surface area contributed by atoms with Gasteiger partial charge in [-0.3, -0.25) is 0 Å². The van der Waals surface area contributed by atoms with Gasteiger partial charge >= 0.3 is 0 Å². The van der Waals surface area contributed by atoms with Crippen molar-refractivity contribution in [1.29, 1.82) is 0 Å². The summed E-state index contributed by atoms with van der Waals surface area (Å²) < 4.78 is 9.48. The molecule has 0 aliphatic rings. The fraction of sp³-hybridized carbons (Fsp3) is 0. The van der Waals surface area contributed by atoms with E-state index in [0.29, 0.717) is 0 Å². The van der Waals surface area contributed by atoms with Crippen molar-refractivity contribution in [2.24, 2.45) is 0 Å². The molecule has 4 aromatic heterocycles. The Morgan fingerprint density at radius 1 is 0.135 bits per heavy atom. The SMILES string of the molecule is c1ccc2c(-c3ccc(-n4c5ccccc5c5ccccc54)cc3)ccc(-c3ccc(-n4c5ccccc5c5ccccc54)cc3)c2c1.c1ccc2c(c1)c1ccccc1n2-c1ccc(-c2ccc3cc(-c4ccc(-n5c6ccccc6c6ccccc65)cc4)ccc3c2)cc1. The molecule has 0 aliphatic heterocycles. The molecular formula is C92H60N4. The van der Waals surface area contributed by atoms with E-state index in [0.717, 1.165) is 0 Å². The highest BCUT2D eigenvalue weighted by Crippen LogP contribution is 2.41. The number of para-hydroxylation sites is 8. The molecule has 0 fully saturated rings. The molecule has 0 N–H and O–H groups in total. The summed E-state index contributed by atoms with van der Waals surface area (Å²) in [7, 11) is 0. The van der Waals surface area contributed by atoms with Crippen molar-refractivity contribution in [3.05, 3.63) is 364 Å². The largest absolute Gasteiger partial charge is 0.309 e. The Labute approximate surface area is 554 Å². The van der Waals surface area contributed by atoms with Gasteiger partial charge in [0, 0.05) is 65.8 Å². The Kier molecular flexibility index (Phi) is 12.9. The van der Waals surface area contributed by atoms with Gasteiger partial charge in [0.1, 0.15) is 0 Å². The van der Waals surface area contributed by atoms with Gasteiger partial charge in [-0.05, 0) is 175 Å². The lowest BCUT2D eigenvalue weighted by Gasteiger charge is -2.14. The lowest BCUT2D eigenvalue weighted by atomic mass is 9.92. The first-order valence-corrected chi connectivity index (χ1v) is 33.1. The van der Waals surface area contributed by atoms with Crippen molar-refractivity contribution in [1.82, 2.24) is 18.3 Å². The van der Waals surface area contributed by atoms with Crippen molar-refractivity contribution in [2.75, 3.05) is 0 Å². The van der Waals surface area contributed by atoms with Crippen molar-refractivity contribution >= 4 is 109 Å². The summed E-state index contributed by atoms with van der Waals surface area (Å²) in [5.41, 5.74) is 24.3. The minimum Gasteiger partial charge on any atom is -0.309 e. The van der Waals surface area contributed by atoms with Gasteiger partial charge in [-0.2, -0.15) is 0 Å². The van der Waals surface area contributed by atoms with Crippen LogP contribution in [0.4, 0.5) is 0 Å². The Morgan fingerprint density at radius 2 is 0.323 bits per heavy atom. The molecule has 96 heavy (non-hydrogen) atoms. The monoisotopic (exact) mass is 1220 g/mol. The van der Waals surface area contributed by atoms with Crippen molar-refractivity contribution in [2.45, 2.75) is 0 Å². The van der Waals surface area contributed by atoms with Gasteiger partial charge in [0.15, 0.2) is 0 Å². The summed E-state index contributed by atoms with van der Waals surface area (Å²) >= 11 is 0. The van der Waals surface area contributed by atoms with Crippen LogP contribution in [-0.4, -0.2) is 18.3 Å². The second-order valence-corrected chi connectivity index (χ2v) is 25.1. The molecular weight excluding hydrogens is 1160 g/mol. The fourth-order valence-corrected chi connectivity index (χ4v) is 15.4. The fourth-order valence-electron chi connectivity index (χ4n) is 15.4. The molecule has 0 aliphatic carbocycles. The lowest BCUT2D eigenvalue weighted by Crippen LogP contribution is -1.94. The molecule has 0 saturated heterocycles. The quantitative estimate of drug-likeness (QED) is 0.144. The van der Waals surface area contributed by atoms with E-state index < -0.39 is 0 Å². The van der Waals surface area contributed by atoms with E-state index in [1.165, 1.54) is 176 Å². The molecule has 20 aromatic rings. The number of hydrogen-bond acceptors (Lipinski definition) is 0. The second kappa shape index (κ2) is 22.5. The van der Waals surface area contributed by atoms with Crippen LogP contribution in [-0.2, 0) is 0 Å². The zero-order chi connectivity index (χ0) is 63.2. The van der Waals surface area contributed by atoms with Gasteiger partial charge in [0.25, 0.3) is 0 Å². The maximum atomic E-state index is 2.37. The Bertz CT molecular complexity index is 5810. The molecule has 0 atom stereocenters. The number of benzene rings is 16. The number of rotatable bonds is 8. The first-order chi connectivity index (χ1) is 47.6. The molecule has 0 saturated carbocycles. The maximum absolute atomic E-state index is 2.37.